The van der Waals surface area contributed by atoms with Gasteiger partial charge in [0.15, 0.2) is 0 Å². The highest BCUT2D eigenvalue weighted by atomic mass is 16.3. The molecule has 4 nitrogen and oxygen atoms in total. The Bertz CT molecular complexity index is 216. The molecule has 0 spiro atoms. The highest BCUT2D eigenvalue weighted by molar-refractivity contribution is 4.93. The summed E-state index contributed by atoms with van der Waals surface area (Å²) in [4.78, 5) is 10.8. The van der Waals surface area contributed by atoms with Crippen LogP contribution in [0.25, 0.3) is 0 Å². The Kier molecular flexibility index (Phi) is 6.87. The molecule has 0 amide bonds. The van der Waals surface area contributed by atoms with Crippen molar-refractivity contribution in [3.63, 3.8) is 0 Å². The first kappa shape index (κ1) is 16.5. The van der Waals surface area contributed by atoms with Gasteiger partial charge in [0, 0.05) is 12.1 Å². The molecule has 1 atom stereocenters. The molecule has 4 heteroatoms. The summed E-state index contributed by atoms with van der Waals surface area (Å²) in [5.41, 5.74) is 5.75. The van der Waals surface area contributed by atoms with Gasteiger partial charge in [0.1, 0.15) is 6.04 Å². The molecule has 0 saturated heterocycles. The Labute approximate surface area is 106 Å². The van der Waals surface area contributed by atoms with Crippen LogP contribution in [0.1, 0.15) is 53.9 Å². The molecule has 0 aliphatic rings. The summed E-state index contributed by atoms with van der Waals surface area (Å²) in [5.74, 6) is 0. The summed E-state index contributed by atoms with van der Waals surface area (Å²) in [6, 6.07) is -0.188. The average Bonchev–Trinajstić information content (AvgIpc) is 2.33. The van der Waals surface area contributed by atoms with Gasteiger partial charge >= 0.3 is 0 Å². The van der Waals surface area contributed by atoms with Gasteiger partial charge in [-0.15, -0.1) is 0 Å². The molecule has 0 radical (unpaired) electrons. The monoisotopic (exact) mass is 243 g/mol. The van der Waals surface area contributed by atoms with E-state index >= 15 is 0 Å². The van der Waals surface area contributed by atoms with Gasteiger partial charge in [-0.25, -0.2) is 0 Å². The average molecular weight is 243 g/mol. The summed E-state index contributed by atoms with van der Waals surface area (Å²) in [6.07, 6.45) is 2.86. The number of nitroso groups, excluding NO2 is 1. The Morgan fingerprint density at radius 2 is 1.76 bits per heavy atom. The third-order valence-electron chi connectivity index (χ3n) is 4.20. The van der Waals surface area contributed by atoms with Crippen molar-refractivity contribution in [1.29, 1.82) is 0 Å². The van der Waals surface area contributed by atoms with Gasteiger partial charge in [-0.3, -0.25) is 0 Å². The van der Waals surface area contributed by atoms with Gasteiger partial charge in [0.05, 0.1) is 0 Å². The molecule has 3 N–H and O–H groups in total. The van der Waals surface area contributed by atoms with E-state index in [1.165, 1.54) is 0 Å². The molecule has 17 heavy (non-hydrogen) atoms. The summed E-state index contributed by atoms with van der Waals surface area (Å²) in [6.45, 7) is 11.9. The largest absolute Gasteiger partial charge is 0.330 e. The molecule has 0 aromatic rings. The van der Waals surface area contributed by atoms with Crippen molar-refractivity contribution in [2.24, 2.45) is 16.3 Å². The number of nitrogens with two attached hydrogens (primary N) is 1. The minimum Gasteiger partial charge on any atom is -0.330 e. The van der Waals surface area contributed by atoms with Crippen molar-refractivity contribution < 1.29 is 0 Å². The molecule has 0 rings (SSSR count). The van der Waals surface area contributed by atoms with Crippen molar-refractivity contribution in [2.45, 2.75) is 65.5 Å². The summed E-state index contributed by atoms with van der Waals surface area (Å²) >= 11 is 0. The molecular weight excluding hydrogens is 214 g/mol. The molecule has 0 fully saturated rings. The van der Waals surface area contributed by atoms with E-state index in [1.807, 2.05) is 20.8 Å². The van der Waals surface area contributed by atoms with Crippen LogP contribution in [0.3, 0.4) is 0 Å². The molecule has 0 saturated carbocycles. The Balaban J connectivity index is 4.57. The molecule has 0 aliphatic carbocycles. The Hall–Kier alpha value is -0.480. The molecule has 0 heterocycles. The predicted octanol–water partition coefficient (Wildman–Crippen LogP) is 2.66. The van der Waals surface area contributed by atoms with Crippen LogP contribution >= 0.6 is 0 Å². The number of rotatable bonds is 9. The van der Waals surface area contributed by atoms with Crippen molar-refractivity contribution in [3.8, 4) is 0 Å². The highest BCUT2D eigenvalue weighted by Crippen LogP contribution is 2.26. The summed E-state index contributed by atoms with van der Waals surface area (Å²) in [7, 11) is 0. The minimum absolute atomic E-state index is 0.137. The smallest absolute Gasteiger partial charge is 0.109 e. The van der Waals surface area contributed by atoms with Crippen molar-refractivity contribution in [2.75, 3.05) is 13.1 Å². The van der Waals surface area contributed by atoms with Gasteiger partial charge in [-0.05, 0) is 45.1 Å². The third kappa shape index (κ3) is 4.36. The molecule has 1 unspecified atom stereocenters. The number of nitrogens with zero attached hydrogens (tertiary/aromatic N) is 1. The van der Waals surface area contributed by atoms with Crippen LogP contribution in [-0.4, -0.2) is 24.7 Å². The van der Waals surface area contributed by atoms with Crippen LogP contribution < -0.4 is 11.1 Å². The maximum atomic E-state index is 10.8. The van der Waals surface area contributed by atoms with E-state index in [4.69, 9.17) is 5.73 Å². The lowest BCUT2D eigenvalue weighted by Crippen LogP contribution is -2.53. The lowest BCUT2D eigenvalue weighted by atomic mass is 9.81. The van der Waals surface area contributed by atoms with Crippen LogP contribution in [0.15, 0.2) is 5.18 Å². The summed E-state index contributed by atoms with van der Waals surface area (Å²) < 4.78 is 0. The van der Waals surface area contributed by atoms with Gasteiger partial charge < -0.3 is 11.1 Å². The number of nitrogens with one attached hydrogen (secondary N) is 1. The van der Waals surface area contributed by atoms with Crippen LogP contribution in [0, 0.1) is 10.3 Å². The van der Waals surface area contributed by atoms with Crippen LogP contribution in [0.2, 0.25) is 0 Å². The number of hydrogen-bond acceptors (Lipinski definition) is 4. The van der Waals surface area contributed by atoms with Gasteiger partial charge in [0.2, 0.25) is 0 Å². The van der Waals surface area contributed by atoms with E-state index in [0.29, 0.717) is 6.54 Å². The fourth-order valence-corrected chi connectivity index (χ4v) is 2.11. The topological polar surface area (TPSA) is 67.5 Å². The molecular formula is C13H29N3O. The standard InChI is InChI=1S/C13H29N3O/c1-6-11(16-17)12(4,5)15-10-13(7-2,8-3)9-14/h11,15H,6-10,14H2,1-5H3. The van der Waals surface area contributed by atoms with E-state index < -0.39 is 0 Å². The second-order valence-corrected chi connectivity index (χ2v) is 5.52. The van der Waals surface area contributed by atoms with E-state index in [0.717, 1.165) is 25.8 Å². The minimum atomic E-state index is -0.263. The normalized spacial score (nSPS) is 14.7. The lowest BCUT2D eigenvalue weighted by molar-refractivity contribution is 0.208. The van der Waals surface area contributed by atoms with Crippen LogP contribution in [-0.2, 0) is 0 Å². The molecule has 0 aliphatic heterocycles. The highest BCUT2D eigenvalue weighted by Gasteiger charge is 2.32. The first-order chi connectivity index (χ1) is 7.91. The van der Waals surface area contributed by atoms with E-state index in [2.05, 4.69) is 24.3 Å². The van der Waals surface area contributed by atoms with Gasteiger partial charge in [0.25, 0.3) is 0 Å². The van der Waals surface area contributed by atoms with Gasteiger partial charge in [-0.1, -0.05) is 25.9 Å². The van der Waals surface area contributed by atoms with E-state index in [1.54, 1.807) is 0 Å². The first-order valence-corrected chi connectivity index (χ1v) is 6.69. The zero-order valence-corrected chi connectivity index (χ0v) is 12.0. The van der Waals surface area contributed by atoms with Crippen molar-refractivity contribution in [1.82, 2.24) is 5.32 Å². The molecule has 0 aromatic heterocycles. The van der Waals surface area contributed by atoms with E-state index in [9.17, 15) is 4.91 Å². The van der Waals surface area contributed by atoms with Gasteiger partial charge in [-0.2, -0.15) is 4.91 Å². The summed E-state index contributed by atoms with van der Waals surface area (Å²) in [5, 5.41) is 6.69. The maximum Gasteiger partial charge on any atom is 0.109 e. The molecule has 102 valence electrons. The van der Waals surface area contributed by atoms with Crippen molar-refractivity contribution >= 4 is 0 Å². The SMILES string of the molecule is CCC(N=O)C(C)(C)NCC(CC)(CC)CN. The third-order valence-corrected chi connectivity index (χ3v) is 4.20. The van der Waals surface area contributed by atoms with Crippen LogP contribution in [0.4, 0.5) is 0 Å². The Morgan fingerprint density at radius 1 is 1.24 bits per heavy atom. The van der Waals surface area contributed by atoms with Crippen molar-refractivity contribution in [3.05, 3.63) is 4.91 Å². The lowest BCUT2D eigenvalue weighted by Gasteiger charge is -2.37. The molecule has 0 aromatic carbocycles. The number of hydrogen-bond donors (Lipinski definition) is 2. The predicted molar refractivity (Wildman–Crippen MR) is 74.0 cm³/mol. The first-order valence-electron chi connectivity index (χ1n) is 6.69. The quantitative estimate of drug-likeness (QED) is 0.612. The maximum absolute atomic E-state index is 10.8. The zero-order valence-electron chi connectivity index (χ0n) is 12.0. The fraction of sp³-hybridized carbons (Fsp3) is 1.00. The van der Waals surface area contributed by atoms with Crippen LogP contribution in [0.5, 0.6) is 0 Å². The second kappa shape index (κ2) is 7.07. The fourth-order valence-electron chi connectivity index (χ4n) is 2.11. The molecule has 0 bridgehead atoms. The second-order valence-electron chi connectivity index (χ2n) is 5.52. The van der Waals surface area contributed by atoms with E-state index in [-0.39, 0.29) is 17.0 Å². The Morgan fingerprint density at radius 3 is 2.06 bits per heavy atom. The zero-order chi connectivity index (χ0) is 13.5.